The molecule has 4 saturated carbocycles. The molecule has 0 N–H and O–H groups in total. The summed E-state index contributed by atoms with van der Waals surface area (Å²) in [4.78, 5) is 53.8. The Bertz CT molecular complexity index is 3550. The van der Waals surface area contributed by atoms with Crippen LogP contribution >= 0.6 is 0 Å². The number of benzene rings is 4. The van der Waals surface area contributed by atoms with Crippen molar-refractivity contribution in [1.29, 1.82) is 0 Å². The molecule has 0 spiro atoms. The van der Waals surface area contributed by atoms with Crippen molar-refractivity contribution in [3.63, 3.8) is 0 Å². The number of esters is 4. The van der Waals surface area contributed by atoms with Gasteiger partial charge in [-0.2, -0.15) is 0 Å². The van der Waals surface area contributed by atoms with Crippen LogP contribution in [-0.4, -0.2) is 210 Å². The fourth-order valence-corrected chi connectivity index (χ4v) is 21.6. The average Bonchev–Trinajstić information content (AvgIpc) is 1.61. The maximum atomic E-state index is 13.2. The number of quaternary nitrogens is 3. The number of piperidine rings is 2. The van der Waals surface area contributed by atoms with Gasteiger partial charge in [-0.15, -0.1) is 0 Å². The van der Waals surface area contributed by atoms with Crippen molar-refractivity contribution in [3.8, 4) is 46.0 Å². The summed E-state index contributed by atoms with van der Waals surface area (Å²) >= 11 is 0. The van der Waals surface area contributed by atoms with E-state index < -0.39 is 0 Å². The highest BCUT2D eigenvalue weighted by atomic mass is 16.6. The Morgan fingerprint density at radius 2 is 0.963 bits per heavy atom. The van der Waals surface area contributed by atoms with Crippen LogP contribution in [0.15, 0.2) is 60.7 Å². The van der Waals surface area contributed by atoms with Crippen LogP contribution < -0.4 is 37.9 Å². The predicted molar refractivity (Wildman–Crippen MR) is 412 cm³/mol. The van der Waals surface area contributed by atoms with Gasteiger partial charge in [0.15, 0.2) is 52.1 Å². The Morgan fingerprint density at radius 3 is 1.44 bits per heavy atom. The van der Waals surface area contributed by atoms with Gasteiger partial charge in [-0.25, -0.2) is 0 Å². The van der Waals surface area contributed by atoms with Gasteiger partial charge in [0.05, 0.1) is 143 Å². The summed E-state index contributed by atoms with van der Waals surface area (Å²) in [5, 5.41) is 0. The second-order valence-corrected chi connectivity index (χ2v) is 33.8. The van der Waals surface area contributed by atoms with E-state index in [1.807, 2.05) is 24.3 Å². The number of nitrogens with zero attached hydrogens (tertiary/aromatic N) is 4. The number of carbonyl (C=O) groups excluding carboxylic acids is 4. The van der Waals surface area contributed by atoms with E-state index in [4.69, 9.17) is 56.8 Å². The number of likely N-dealkylation sites (N-methyl/N-ethyl adjacent to an activating group) is 3. The van der Waals surface area contributed by atoms with Crippen molar-refractivity contribution >= 4 is 23.9 Å². The molecule has 2 saturated heterocycles. The molecule has 4 aromatic carbocycles. The molecule has 0 radical (unpaired) electrons. The number of likely N-dealkylation sites (tertiary alicyclic amines) is 2. The summed E-state index contributed by atoms with van der Waals surface area (Å²) in [5.74, 6) is 7.56. The minimum absolute atomic E-state index is 0.0393. The van der Waals surface area contributed by atoms with Crippen molar-refractivity contribution in [3.05, 3.63) is 94.0 Å². The summed E-state index contributed by atoms with van der Waals surface area (Å²) in [7, 11) is 20.1. The first-order valence-electron chi connectivity index (χ1n) is 40.2. The molecule has 4 aliphatic carbocycles. The van der Waals surface area contributed by atoms with Crippen molar-refractivity contribution in [2.45, 2.75) is 205 Å². The first-order chi connectivity index (χ1) is 51.4. The van der Waals surface area contributed by atoms with E-state index in [0.29, 0.717) is 142 Å². The highest BCUT2D eigenvalue weighted by Gasteiger charge is 2.67. The second-order valence-electron chi connectivity index (χ2n) is 33.8. The molecule has 20 heteroatoms. The Morgan fingerprint density at radius 1 is 0.495 bits per heavy atom. The van der Waals surface area contributed by atoms with Gasteiger partial charge in [0, 0.05) is 68.5 Å². The molecule has 4 aliphatic heterocycles. The van der Waals surface area contributed by atoms with Crippen LogP contribution in [-0.2, 0) is 63.8 Å². The molecule has 8 aliphatic rings. The minimum atomic E-state index is -0.215. The zero-order valence-electron chi connectivity index (χ0n) is 67.5. The normalized spacial score (nSPS) is 29.8. The number of carbonyl (C=O) groups is 4. The molecule has 4 unspecified atom stereocenters. The van der Waals surface area contributed by atoms with Crippen LogP contribution in [0.5, 0.6) is 46.0 Å². The third kappa shape index (κ3) is 17.8. The van der Waals surface area contributed by atoms with Crippen molar-refractivity contribution in [2.75, 3.05) is 144 Å². The number of ether oxygens (including phenoxy) is 12. The summed E-state index contributed by atoms with van der Waals surface area (Å²) in [5.41, 5.74) is 7.38. The number of rotatable bonds is 28. The molecule has 14 atom stereocenters. The second kappa shape index (κ2) is 35.4. The number of hydrogen-bond donors (Lipinski definition) is 0. The predicted octanol–water partition coefficient (Wildman–Crippen LogP) is 14.0. The first-order valence-corrected chi connectivity index (χ1v) is 40.2. The molecule has 107 heavy (non-hydrogen) atoms. The zero-order valence-corrected chi connectivity index (χ0v) is 67.5. The minimum Gasteiger partial charge on any atom is -0.493 e. The Kier molecular flexibility index (Phi) is 26.8. The van der Waals surface area contributed by atoms with Crippen molar-refractivity contribution in [1.82, 2.24) is 4.90 Å². The van der Waals surface area contributed by atoms with Gasteiger partial charge in [-0.05, 0) is 203 Å². The highest BCUT2D eigenvalue weighted by molar-refractivity contribution is 5.70. The monoisotopic (exact) mass is 1490 g/mol. The molecule has 6 fully saturated rings. The van der Waals surface area contributed by atoms with E-state index >= 15 is 0 Å². The molecule has 0 amide bonds. The van der Waals surface area contributed by atoms with Gasteiger partial charge >= 0.3 is 23.9 Å². The largest absolute Gasteiger partial charge is 0.493 e. The Labute approximate surface area is 638 Å². The lowest BCUT2D eigenvalue weighted by Crippen LogP contribution is -2.61. The van der Waals surface area contributed by atoms with Crippen LogP contribution in [0.25, 0.3) is 0 Å². The third-order valence-electron chi connectivity index (χ3n) is 27.7. The SMILES string of the molecule is CC(=O)O[C@H]1C[C@@H]2CC[C@@H]3[C@H](CC[C@@]4(C)[C@H]3C[C@H]([N+]3(C)CCCCC3)[C@@H]4OC(C)=O)[C@@]2(C)C[C@@H]1N1CCCCC1.COc1ccc(CC2c3cc(OC)c(OC)cc3CC[N+]2(C)CCC(=O)OCCCCCOC(=O)CC[N+]2(C)CCc3cc(OC)c(OC)cc3C2Cc2ccc(OC)c(OC)c2)cc1OC. The average molecular weight is 1490 g/mol. The molecule has 4 heterocycles. The third-order valence-corrected chi connectivity index (χ3v) is 27.7. The molecule has 0 bridgehead atoms. The standard InChI is InChI=1S/C53H72N2O12.C34H57N2O4/c1-54(22-18-38-32-48(62-7)50(64-9)34-40(38)42(54)28-36-14-16-44(58-3)46(30-36)60-5)24-20-52(56)66-26-12-11-13-27-67-53(57)21-25-55(2)23-19-39-33-49(63-8)51(65-10)35-41(39)43(55)29-37-15-17-45(59-4)47(31-37)61-6;1-23(37)39-31-20-25-12-13-26-27(34(25,4)22-29(31)35-16-8-6-9-17-35)14-15-33(3)28(26)21-30(32(33)40-24(2)38)36(5)18-10-7-11-19-36/h14-17,30-35,42-43H,11-13,18-29H2,1-10H3;25-32H,6-22H2,1-5H3/q+2;+1/t;25-,26+,27-,28-,29-,30-,31-,32-,33-,34-/m.0/s1. The smallest absolute Gasteiger partial charge is 0.311 e. The van der Waals surface area contributed by atoms with Gasteiger partial charge in [0.2, 0.25) is 0 Å². The lowest BCUT2D eigenvalue weighted by molar-refractivity contribution is -0.940. The summed E-state index contributed by atoms with van der Waals surface area (Å²) in [6.45, 7) is 16.7. The van der Waals surface area contributed by atoms with E-state index in [9.17, 15) is 19.2 Å². The number of hydrogen-bond acceptors (Lipinski definition) is 17. The summed E-state index contributed by atoms with van der Waals surface area (Å²) in [6.07, 6.45) is 22.2. The Hall–Kier alpha value is -7.00. The van der Waals surface area contributed by atoms with Gasteiger partial charge in [-0.3, -0.25) is 24.1 Å². The summed E-state index contributed by atoms with van der Waals surface area (Å²) in [6, 6.07) is 21.3. The van der Waals surface area contributed by atoms with E-state index in [1.54, 1.807) is 70.7 Å². The van der Waals surface area contributed by atoms with Crippen LogP contribution in [0.1, 0.15) is 189 Å². The Balaban J connectivity index is 0.000000241. The molecular formula is C87H129N4O16+3. The fourth-order valence-electron chi connectivity index (χ4n) is 21.6. The van der Waals surface area contributed by atoms with Crippen LogP contribution in [0.3, 0.4) is 0 Å². The van der Waals surface area contributed by atoms with E-state index in [1.165, 1.54) is 112 Å². The van der Waals surface area contributed by atoms with Crippen molar-refractivity contribution < 1.29 is 89.5 Å². The molecule has 12 rings (SSSR count). The lowest BCUT2D eigenvalue weighted by atomic mass is 9.44. The van der Waals surface area contributed by atoms with Crippen LogP contribution in [0, 0.1) is 34.5 Å². The molecule has 0 aromatic heterocycles. The molecular weight excluding hydrogens is 1360 g/mol. The quantitative estimate of drug-likeness (QED) is 0.0226. The zero-order chi connectivity index (χ0) is 76.4. The first kappa shape index (κ1) is 81.0. The van der Waals surface area contributed by atoms with E-state index in [0.717, 1.165) is 86.2 Å². The highest BCUT2D eigenvalue weighted by Crippen LogP contribution is 2.68. The maximum Gasteiger partial charge on any atom is 0.311 e. The number of methoxy groups -OCH3 is 8. The van der Waals surface area contributed by atoms with E-state index in [2.05, 4.69) is 76.3 Å². The molecule has 20 nitrogen and oxygen atoms in total. The van der Waals surface area contributed by atoms with Crippen LogP contribution in [0.4, 0.5) is 0 Å². The van der Waals surface area contributed by atoms with Gasteiger partial charge < -0.3 is 70.3 Å². The summed E-state index contributed by atoms with van der Waals surface area (Å²) < 4.78 is 71.4. The maximum absolute atomic E-state index is 13.2. The van der Waals surface area contributed by atoms with Gasteiger partial charge in [0.25, 0.3) is 0 Å². The van der Waals surface area contributed by atoms with Gasteiger partial charge in [-0.1, -0.05) is 32.4 Å². The van der Waals surface area contributed by atoms with Crippen molar-refractivity contribution in [2.24, 2.45) is 34.5 Å². The fraction of sp³-hybridized carbons (Fsp3) is 0.678. The van der Waals surface area contributed by atoms with E-state index in [-0.39, 0.29) is 53.6 Å². The number of fused-ring (bicyclic) bond motifs is 7. The van der Waals surface area contributed by atoms with Crippen LogP contribution in [0.2, 0.25) is 0 Å². The number of unbranched alkanes of at least 4 members (excludes halogenated alkanes) is 2. The topological polar surface area (TPSA) is 182 Å². The molecule has 4 aromatic rings. The lowest BCUT2D eigenvalue weighted by Gasteiger charge is -2.62. The molecule has 590 valence electrons. The van der Waals surface area contributed by atoms with Gasteiger partial charge in [0.1, 0.15) is 24.2 Å².